The number of alkyl halides is 3. The van der Waals surface area contributed by atoms with Crippen molar-refractivity contribution in [2.45, 2.75) is 38.8 Å². The Labute approximate surface area is 167 Å². The molecule has 3 nitrogen and oxygen atoms in total. The fraction of sp³-hybridized carbons (Fsp3) is 0.381. The van der Waals surface area contributed by atoms with Gasteiger partial charge in [-0.05, 0) is 41.5 Å². The summed E-state index contributed by atoms with van der Waals surface area (Å²) in [5.74, 6) is -0.132. The molecule has 152 valence electrons. The van der Waals surface area contributed by atoms with Crippen molar-refractivity contribution in [3.8, 4) is 5.75 Å². The summed E-state index contributed by atoms with van der Waals surface area (Å²) in [4.78, 5) is 11.6. The van der Waals surface area contributed by atoms with Crippen LogP contribution in [0, 0.1) is 0 Å². The number of fused-ring (bicyclic) bond motifs is 1. The Bertz CT molecular complexity index is 860. The highest BCUT2D eigenvalue weighted by Crippen LogP contribution is 2.35. The first-order valence-electron chi connectivity index (χ1n) is 8.96. The average Bonchev–Trinajstić information content (AvgIpc) is 2.65. The summed E-state index contributed by atoms with van der Waals surface area (Å²) in [6.07, 6.45) is -2.66. The first kappa shape index (κ1) is 22.1. The molecule has 0 fully saturated rings. The Hall–Kier alpha value is -2.21. The number of methoxy groups -OCH3 is 1. The molecule has 0 saturated heterocycles. The van der Waals surface area contributed by atoms with Crippen LogP contribution >= 0.6 is 11.6 Å². The van der Waals surface area contributed by atoms with Gasteiger partial charge in [-0.25, -0.2) is 4.79 Å². The lowest BCUT2D eigenvalue weighted by atomic mass is 9.97. The molecule has 0 saturated carbocycles. The van der Waals surface area contributed by atoms with E-state index in [-0.39, 0.29) is 12.0 Å². The highest BCUT2D eigenvalue weighted by Gasteiger charge is 2.27. The maximum absolute atomic E-state index is 12.7. The third-order valence-corrected chi connectivity index (χ3v) is 4.61. The van der Waals surface area contributed by atoms with Gasteiger partial charge in [0.05, 0.1) is 18.7 Å². The molecule has 0 bridgehead atoms. The van der Waals surface area contributed by atoms with Gasteiger partial charge in [0.2, 0.25) is 0 Å². The lowest BCUT2D eigenvalue weighted by Gasteiger charge is -2.13. The molecule has 7 heteroatoms. The minimum absolute atomic E-state index is 0.255. The van der Waals surface area contributed by atoms with E-state index in [1.54, 1.807) is 30.3 Å². The summed E-state index contributed by atoms with van der Waals surface area (Å²) in [5, 5.41) is 1.93. The summed E-state index contributed by atoms with van der Waals surface area (Å²) >= 11 is 6.42. The monoisotopic (exact) mass is 414 g/mol. The lowest BCUT2D eigenvalue weighted by molar-refractivity contribution is -0.135. The van der Waals surface area contributed by atoms with Gasteiger partial charge in [0, 0.05) is 17.9 Å². The SMILES string of the molecule is CCCCOc1ccc2cc(/C(=C/C(=O)OC)CCC(F)(F)F)ccc2c1Cl. The molecule has 0 radical (unpaired) electrons. The van der Waals surface area contributed by atoms with E-state index in [9.17, 15) is 18.0 Å². The second-order valence-corrected chi connectivity index (χ2v) is 6.70. The topological polar surface area (TPSA) is 35.5 Å². The third kappa shape index (κ3) is 6.16. The number of allylic oxidation sites excluding steroid dienone is 1. The van der Waals surface area contributed by atoms with Crippen LogP contribution in [-0.2, 0) is 9.53 Å². The van der Waals surface area contributed by atoms with E-state index in [1.807, 2.05) is 0 Å². The number of carbonyl (C=O) groups is 1. The molecule has 0 aliphatic carbocycles. The molecule has 0 aliphatic heterocycles. The van der Waals surface area contributed by atoms with Crippen molar-refractivity contribution in [3.05, 3.63) is 47.0 Å². The fourth-order valence-corrected chi connectivity index (χ4v) is 2.98. The van der Waals surface area contributed by atoms with E-state index in [0.717, 1.165) is 29.7 Å². The van der Waals surface area contributed by atoms with Gasteiger partial charge in [0.15, 0.2) is 0 Å². The van der Waals surface area contributed by atoms with Gasteiger partial charge in [-0.2, -0.15) is 13.2 Å². The van der Waals surface area contributed by atoms with Crippen LogP contribution < -0.4 is 4.74 Å². The Morgan fingerprint density at radius 1 is 1.21 bits per heavy atom. The molecule has 28 heavy (non-hydrogen) atoms. The number of benzene rings is 2. The van der Waals surface area contributed by atoms with Crippen LogP contribution in [0.5, 0.6) is 5.75 Å². The first-order valence-corrected chi connectivity index (χ1v) is 9.33. The summed E-state index contributed by atoms with van der Waals surface area (Å²) < 4.78 is 48.2. The number of rotatable bonds is 8. The van der Waals surface area contributed by atoms with E-state index in [0.29, 0.717) is 22.9 Å². The van der Waals surface area contributed by atoms with Crippen LogP contribution in [0.1, 0.15) is 38.2 Å². The minimum Gasteiger partial charge on any atom is -0.492 e. The molecule has 0 amide bonds. The first-order chi connectivity index (χ1) is 13.2. The van der Waals surface area contributed by atoms with E-state index >= 15 is 0 Å². The maximum Gasteiger partial charge on any atom is 0.389 e. The van der Waals surface area contributed by atoms with Crippen molar-refractivity contribution < 1.29 is 27.4 Å². The quantitative estimate of drug-likeness (QED) is 0.278. The van der Waals surface area contributed by atoms with Crippen molar-refractivity contribution in [2.75, 3.05) is 13.7 Å². The molecule has 0 aromatic heterocycles. The summed E-state index contributed by atoms with van der Waals surface area (Å²) in [6, 6.07) is 8.62. The van der Waals surface area contributed by atoms with Gasteiger partial charge in [-0.15, -0.1) is 0 Å². The van der Waals surface area contributed by atoms with E-state index in [1.165, 1.54) is 7.11 Å². The van der Waals surface area contributed by atoms with Crippen LogP contribution in [0.3, 0.4) is 0 Å². The van der Waals surface area contributed by atoms with E-state index in [4.69, 9.17) is 16.3 Å². The number of esters is 1. The second kappa shape index (κ2) is 9.82. The van der Waals surface area contributed by atoms with Crippen LogP contribution in [0.4, 0.5) is 13.2 Å². The predicted molar refractivity (Wildman–Crippen MR) is 105 cm³/mol. The normalized spacial score (nSPS) is 12.3. The molecular weight excluding hydrogens is 393 g/mol. The van der Waals surface area contributed by atoms with Gasteiger partial charge < -0.3 is 9.47 Å². The lowest BCUT2D eigenvalue weighted by Crippen LogP contribution is -2.08. The Morgan fingerprint density at radius 2 is 1.96 bits per heavy atom. The standard InChI is InChI=1S/C21H22ClF3O3/c1-3-4-11-28-18-8-6-16-12-14(5-7-17(16)20(18)22)15(13-19(26)27-2)9-10-21(23,24)25/h5-8,12-13H,3-4,9-11H2,1-2H3/b15-13+. The van der Waals surface area contributed by atoms with Crippen LogP contribution in [0.2, 0.25) is 5.02 Å². The third-order valence-electron chi connectivity index (χ3n) is 4.22. The van der Waals surface area contributed by atoms with Crippen molar-refractivity contribution in [2.24, 2.45) is 0 Å². The van der Waals surface area contributed by atoms with E-state index in [2.05, 4.69) is 11.7 Å². The number of halogens is 4. The highest BCUT2D eigenvalue weighted by atomic mass is 35.5. The second-order valence-electron chi connectivity index (χ2n) is 6.32. The molecule has 0 unspecified atom stereocenters. The Kier molecular flexibility index (Phi) is 7.75. The van der Waals surface area contributed by atoms with Gasteiger partial charge in [-0.3, -0.25) is 0 Å². The molecule has 0 heterocycles. The Balaban J connectivity index is 2.36. The number of ether oxygens (including phenoxy) is 2. The average molecular weight is 415 g/mol. The van der Waals surface area contributed by atoms with Crippen LogP contribution in [0.25, 0.3) is 16.3 Å². The van der Waals surface area contributed by atoms with Crippen LogP contribution in [-0.4, -0.2) is 25.9 Å². The van der Waals surface area contributed by atoms with Crippen molar-refractivity contribution >= 4 is 33.9 Å². The highest BCUT2D eigenvalue weighted by molar-refractivity contribution is 6.37. The van der Waals surface area contributed by atoms with Gasteiger partial charge in [-0.1, -0.05) is 43.1 Å². The predicted octanol–water partition coefficient (Wildman–Crippen LogP) is 6.57. The summed E-state index contributed by atoms with van der Waals surface area (Å²) in [5.41, 5.74) is 0.767. The minimum atomic E-state index is -4.32. The molecular formula is C21H22ClF3O3. The van der Waals surface area contributed by atoms with Gasteiger partial charge in [0.1, 0.15) is 5.75 Å². The number of hydrogen-bond acceptors (Lipinski definition) is 3. The molecule has 2 rings (SSSR count). The number of carbonyl (C=O) groups excluding carboxylic acids is 1. The molecule has 0 atom stereocenters. The molecule has 0 aliphatic rings. The van der Waals surface area contributed by atoms with Crippen LogP contribution in [0.15, 0.2) is 36.4 Å². The van der Waals surface area contributed by atoms with Gasteiger partial charge >= 0.3 is 12.1 Å². The fourth-order valence-electron chi connectivity index (χ4n) is 2.69. The summed E-state index contributed by atoms with van der Waals surface area (Å²) in [6.45, 7) is 2.62. The number of hydrogen-bond donors (Lipinski definition) is 0. The zero-order valence-corrected chi connectivity index (χ0v) is 16.5. The molecule has 2 aromatic carbocycles. The van der Waals surface area contributed by atoms with Gasteiger partial charge in [0.25, 0.3) is 0 Å². The zero-order valence-electron chi connectivity index (χ0n) is 15.7. The largest absolute Gasteiger partial charge is 0.492 e. The number of unbranched alkanes of at least 4 members (excludes halogenated alkanes) is 1. The zero-order chi connectivity index (χ0) is 20.7. The maximum atomic E-state index is 12.7. The molecule has 2 aromatic rings. The molecule has 0 N–H and O–H groups in total. The van der Waals surface area contributed by atoms with Crippen molar-refractivity contribution in [1.82, 2.24) is 0 Å². The Morgan fingerprint density at radius 3 is 2.61 bits per heavy atom. The molecule has 0 spiro atoms. The van der Waals surface area contributed by atoms with Crippen molar-refractivity contribution in [1.29, 1.82) is 0 Å². The smallest absolute Gasteiger partial charge is 0.389 e. The summed E-state index contributed by atoms with van der Waals surface area (Å²) in [7, 11) is 1.18. The van der Waals surface area contributed by atoms with E-state index < -0.39 is 18.6 Å². The van der Waals surface area contributed by atoms with Crippen molar-refractivity contribution in [3.63, 3.8) is 0 Å².